The number of carbonyl (C=O) groups is 1. The second-order valence-corrected chi connectivity index (χ2v) is 8.09. The Hall–Kier alpha value is -0.830. The quantitative estimate of drug-likeness (QED) is 0.541. The minimum atomic E-state index is -5.39. The van der Waals surface area contributed by atoms with Crippen LogP contribution in [0.2, 0.25) is 0 Å². The van der Waals surface area contributed by atoms with Gasteiger partial charge in [0.2, 0.25) is 0 Å². The third kappa shape index (κ3) is 6.51. The summed E-state index contributed by atoms with van der Waals surface area (Å²) in [7, 11) is -5.39. The highest BCUT2D eigenvalue weighted by Crippen LogP contribution is 2.25. The van der Waals surface area contributed by atoms with Crippen LogP contribution in [0.1, 0.15) is 53.9 Å². The standard InChI is InChI=1S/C13H24F3NO4S/c1-6-11(2,3)10(18)21-9-7-8-12(4,5)17-22(19,20)13(14,15)16/h17H,6-9H2,1-5H3. The van der Waals surface area contributed by atoms with Crippen molar-refractivity contribution in [2.75, 3.05) is 6.61 Å². The van der Waals surface area contributed by atoms with Crippen LogP contribution in [0.4, 0.5) is 13.2 Å². The molecule has 0 radical (unpaired) electrons. The highest BCUT2D eigenvalue weighted by atomic mass is 32.2. The van der Waals surface area contributed by atoms with Gasteiger partial charge in [-0.2, -0.15) is 13.2 Å². The molecule has 0 unspecified atom stereocenters. The summed E-state index contributed by atoms with van der Waals surface area (Å²) >= 11 is 0. The van der Waals surface area contributed by atoms with Crippen LogP contribution >= 0.6 is 0 Å². The van der Waals surface area contributed by atoms with Crippen LogP contribution in [0.3, 0.4) is 0 Å². The van der Waals surface area contributed by atoms with Crippen molar-refractivity contribution in [3.8, 4) is 0 Å². The second-order valence-electron chi connectivity index (χ2n) is 6.41. The van der Waals surface area contributed by atoms with Gasteiger partial charge in [0.25, 0.3) is 0 Å². The van der Waals surface area contributed by atoms with E-state index < -0.39 is 26.5 Å². The highest BCUT2D eigenvalue weighted by Gasteiger charge is 2.48. The number of ether oxygens (including phenoxy) is 1. The molecule has 0 aromatic rings. The first kappa shape index (κ1) is 21.2. The normalized spacial score (nSPS) is 14.0. The molecule has 132 valence electrons. The van der Waals surface area contributed by atoms with Crippen LogP contribution in [0, 0.1) is 5.41 Å². The van der Waals surface area contributed by atoms with Crippen molar-refractivity contribution in [1.29, 1.82) is 0 Å². The Morgan fingerprint density at radius 1 is 1.14 bits per heavy atom. The fourth-order valence-electron chi connectivity index (χ4n) is 1.49. The monoisotopic (exact) mass is 347 g/mol. The summed E-state index contributed by atoms with van der Waals surface area (Å²) in [4.78, 5) is 11.7. The molecular formula is C13H24F3NO4S. The van der Waals surface area contributed by atoms with E-state index in [-0.39, 0.29) is 25.4 Å². The van der Waals surface area contributed by atoms with Gasteiger partial charge in [-0.25, -0.2) is 13.1 Å². The molecule has 5 nitrogen and oxygen atoms in total. The topological polar surface area (TPSA) is 72.5 Å². The number of nitrogens with one attached hydrogen (secondary N) is 1. The Labute approximate surface area is 129 Å². The summed E-state index contributed by atoms with van der Waals surface area (Å²) in [6, 6.07) is 0. The summed E-state index contributed by atoms with van der Waals surface area (Å²) in [6.07, 6.45) is 0.948. The Bertz CT molecular complexity index is 484. The van der Waals surface area contributed by atoms with Crippen molar-refractivity contribution in [3.05, 3.63) is 0 Å². The number of hydrogen-bond donors (Lipinski definition) is 1. The van der Waals surface area contributed by atoms with Crippen molar-refractivity contribution >= 4 is 16.0 Å². The molecule has 0 amide bonds. The summed E-state index contributed by atoms with van der Waals surface area (Å²) in [5.41, 5.74) is -7.25. The first-order valence-electron chi connectivity index (χ1n) is 6.92. The molecule has 0 spiro atoms. The van der Waals surface area contributed by atoms with Gasteiger partial charge in [0, 0.05) is 5.54 Å². The lowest BCUT2D eigenvalue weighted by atomic mass is 9.91. The molecule has 0 heterocycles. The lowest BCUT2D eigenvalue weighted by molar-refractivity contribution is -0.154. The first-order valence-corrected chi connectivity index (χ1v) is 8.40. The molecule has 0 fully saturated rings. The maximum atomic E-state index is 12.3. The van der Waals surface area contributed by atoms with Gasteiger partial charge in [-0.1, -0.05) is 6.92 Å². The van der Waals surface area contributed by atoms with Crippen LogP contribution in [-0.4, -0.2) is 32.0 Å². The maximum Gasteiger partial charge on any atom is 0.511 e. The predicted molar refractivity (Wildman–Crippen MR) is 76.5 cm³/mol. The smallest absolute Gasteiger partial charge is 0.465 e. The number of esters is 1. The second kappa shape index (κ2) is 7.16. The summed E-state index contributed by atoms with van der Waals surface area (Å²) in [5.74, 6) is -0.385. The van der Waals surface area contributed by atoms with Gasteiger partial charge in [0.1, 0.15) is 0 Å². The van der Waals surface area contributed by atoms with E-state index in [2.05, 4.69) is 0 Å². The third-order valence-electron chi connectivity index (χ3n) is 3.33. The molecule has 0 bridgehead atoms. The van der Waals surface area contributed by atoms with E-state index >= 15 is 0 Å². The molecule has 1 N–H and O–H groups in total. The fraction of sp³-hybridized carbons (Fsp3) is 0.923. The number of alkyl halides is 3. The van der Waals surface area contributed by atoms with Crippen LogP contribution in [0.15, 0.2) is 0 Å². The Kier molecular flexibility index (Phi) is 6.89. The average Bonchev–Trinajstić information content (AvgIpc) is 2.31. The molecule has 0 aliphatic heterocycles. The van der Waals surface area contributed by atoms with Gasteiger partial charge in [0.15, 0.2) is 0 Å². The molecular weight excluding hydrogens is 323 g/mol. The van der Waals surface area contributed by atoms with Gasteiger partial charge >= 0.3 is 21.5 Å². The van der Waals surface area contributed by atoms with Crippen molar-refractivity contribution in [3.63, 3.8) is 0 Å². The van der Waals surface area contributed by atoms with Crippen LogP contribution in [-0.2, 0) is 19.6 Å². The Balaban J connectivity index is 4.40. The number of carbonyl (C=O) groups excluding carboxylic acids is 1. The largest absolute Gasteiger partial charge is 0.511 e. The fourth-order valence-corrected chi connectivity index (χ4v) is 2.44. The van der Waals surface area contributed by atoms with Crippen LogP contribution in [0.5, 0.6) is 0 Å². The first-order chi connectivity index (χ1) is 9.65. The molecule has 0 aliphatic rings. The lowest BCUT2D eigenvalue weighted by Crippen LogP contribution is -2.48. The minimum absolute atomic E-state index is 0.0272. The molecule has 0 aromatic carbocycles. The summed E-state index contributed by atoms with van der Waals surface area (Å²) in [6.45, 7) is 8.02. The van der Waals surface area contributed by atoms with Gasteiger partial charge in [0.05, 0.1) is 12.0 Å². The molecule has 0 aromatic heterocycles. The summed E-state index contributed by atoms with van der Waals surface area (Å²) in [5, 5.41) is 0. The van der Waals surface area contributed by atoms with Crippen molar-refractivity contribution in [1.82, 2.24) is 4.72 Å². The van der Waals surface area contributed by atoms with Crippen LogP contribution < -0.4 is 4.72 Å². The van der Waals surface area contributed by atoms with Crippen molar-refractivity contribution in [2.45, 2.75) is 64.9 Å². The van der Waals surface area contributed by atoms with Gasteiger partial charge in [-0.3, -0.25) is 4.79 Å². The Morgan fingerprint density at radius 2 is 1.64 bits per heavy atom. The van der Waals surface area contributed by atoms with Gasteiger partial charge in [-0.15, -0.1) is 0 Å². The summed E-state index contributed by atoms with van der Waals surface area (Å²) < 4.78 is 65.7. The maximum absolute atomic E-state index is 12.3. The van der Waals surface area contributed by atoms with E-state index in [9.17, 15) is 26.4 Å². The van der Waals surface area contributed by atoms with Crippen LogP contribution in [0.25, 0.3) is 0 Å². The number of halogens is 3. The zero-order valence-corrected chi connectivity index (χ0v) is 14.3. The SMILES string of the molecule is CCC(C)(C)C(=O)OCCCC(C)(C)NS(=O)(=O)C(F)(F)F. The van der Waals surface area contributed by atoms with E-state index in [0.717, 1.165) is 0 Å². The van der Waals surface area contributed by atoms with Crippen molar-refractivity contribution < 1.29 is 31.1 Å². The molecule has 0 atom stereocenters. The third-order valence-corrected chi connectivity index (χ3v) is 4.76. The zero-order chi connectivity index (χ0) is 17.8. The zero-order valence-electron chi connectivity index (χ0n) is 13.5. The molecule has 0 saturated heterocycles. The highest BCUT2D eigenvalue weighted by molar-refractivity contribution is 7.90. The number of hydrogen-bond acceptors (Lipinski definition) is 4. The minimum Gasteiger partial charge on any atom is -0.465 e. The average molecular weight is 347 g/mol. The molecule has 0 saturated carbocycles. The predicted octanol–water partition coefficient (Wildman–Crippen LogP) is 2.96. The molecule has 9 heteroatoms. The molecule has 22 heavy (non-hydrogen) atoms. The van der Waals surface area contributed by atoms with E-state index in [0.29, 0.717) is 6.42 Å². The number of sulfonamides is 1. The lowest BCUT2D eigenvalue weighted by Gasteiger charge is -2.27. The van der Waals surface area contributed by atoms with Crippen molar-refractivity contribution in [2.24, 2.45) is 5.41 Å². The Morgan fingerprint density at radius 3 is 2.05 bits per heavy atom. The van der Waals surface area contributed by atoms with Gasteiger partial charge < -0.3 is 4.74 Å². The van der Waals surface area contributed by atoms with Gasteiger partial charge in [-0.05, 0) is 47.0 Å². The van der Waals surface area contributed by atoms with E-state index in [1.807, 2.05) is 6.92 Å². The van der Waals surface area contributed by atoms with E-state index in [1.165, 1.54) is 13.8 Å². The van der Waals surface area contributed by atoms with E-state index in [4.69, 9.17) is 4.74 Å². The molecule has 0 rings (SSSR count). The van der Waals surface area contributed by atoms with E-state index in [1.54, 1.807) is 18.6 Å². The number of rotatable bonds is 8. The molecule has 0 aliphatic carbocycles.